The quantitative estimate of drug-likeness (QED) is 0.748. The highest BCUT2D eigenvalue weighted by Crippen LogP contribution is 2.17. The van der Waals surface area contributed by atoms with Crippen molar-refractivity contribution in [3.05, 3.63) is 35.9 Å². The molecule has 0 amide bonds. The van der Waals surface area contributed by atoms with Crippen LogP contribution in [0.25, 0.3) is 0 Å². The fourth-order valence-corrected chi connectivity index (χ4v) is 1.58. The number of hydrogen-bond acceptors (Lipinski definition) is 2. The first-order valence-electron chi connectivity index (χ1n) is 5.72. The molecule has 2 heteroatoms. The molecule has 2 atom stereocenters. The zero-order valence-electron chi connectivity index (χ0n) is 9.74. The fourth-order valence-electron chi connectivity index (χ4n) is 1.58. The maximum absolute atomic E-state index is 5.54. The van der Waals surface area contributed by atoms with E-state index in [1.807, 2.05) is 0 Å². The molecule has 0 saturated heterocycles. The van der Waals surface area contributed by atoms with E-state index >= 15 is 0 Å². The average Bonchev–Trinajstić information content (AvgIpc) is 2.29. The molecule has 0 aliphatic rings. The molecule has 84 valence electrons. The van der Waals surface area contributed by atoms with Crippen molar-refractivity contribution in [1.82, 2.24) is 5.32 Å². The number of benzene rings is 1. The van der Waals surface area contributed by atoms with Gasteiger partial charge in [-0.2, -0.15) is 0 Å². The van der Waals surface area contributed by atoms with Crippen LogP contribution in [0.4, 0.5) is 0 Å². The normalized spacial score (nSPS) is 14.9. The molecule has 0 radical (unpaired) electrons. The summed E-state index contributed by atoms with van der Waals surface area (Å²) in [6, 6.07) is 11.1. The van der Waals surface area contributed by atoms with Gasteiger partial charge in [-0.25, -0.2) is 0 Å². The van der Waals surface area contributed by atoms with Crippen LogP contribution in [0, 0.1) is 0 Å². The second-order valence-electron chi connectivity index (χ2n) is 4.19. The lowest BCUT2D eigenvalue weighted by molar-refractivity contribution is 0.521. The Morgan fingerprint density at radius 2 is 1.87 bits per heavy atom. The van der Waals surface area contributed by atoms with Crippen LogP contribution < -0.4 is 11.1 Å². The third kappa shape index (κ3) is 4.45. The van der Waals surface area contributed by atoms with Gasteiger partial charge in [-0.05, 0) is 31.4 Å². The molecule has 1 rings (SSSR count). The Morgan fingerprint density at radius 1 is 1.20 bits per heavy atom. The maximum atomic E-state index is 5.54. The van der Waals surface area contributed by atoms with Gasteiger partial charge in [0.1, 0.15) is 0 Å². The van der Waals surface area contributed by atoms with Gasteiger partial charge in [0, 0.05) is 12.6 Å². The zero-order valence-corrected chi connectivity index (χ0v) is 9.74. The second-order valence-corrected chi connectivity index (χ2v) is 4.19. The predicted octanol–water partition coefficient (Wildman–Crippen LogP) is 2.12. The van der Waals surface area contributed by atoms with E-state index < -0.39 is 0 Å². The van der Waals surface area contributed by atoms with Crippen molar-refractivity contribution in [1.29, 1.82) is 0 Å². The smallest absolute Gasteiger partial charge is 0.0161 e. The molecule has 0 aliphatic carbocycles. The van der Waals surface area contributed by atoms with Crippen LogP contribution >= 0.6 is 0 Å². The van der Waals surface area contributed by atoms with E-state index in [0.29, 0.717) is 18.5 Å². The first-order chi connectivity index (χ1) is 7.24. The third-order valence-corrected chi connectivity index (χ3v) is 2.79. The van der Waals surface area contributed by atoms with Crippen LogP contribution in [0.5, 0.6) is 0 Å². The Labute approximate surface area is 92.9 Å². The highest BCUT2D eigenvalue weighted by molar-refractivity contribution is 5.18. The fraction of sp³-hybridized carbons (Fsp3) is 0.538. The minimum atomic E-state index is 0.424. The van der Waals surface area contributed by atoms with E-state index in [-0.39, 0.29) is 0 Å². The summed E-state index contributed by atoms with van der Waals surface area (Å²) in [5.41, 5.74) is 6.95. The number of nitrogens with two attached hydrogens (primary N) is 1. The predicted molar refractivity (Wildman–Crippen MR) is 66.0 cm³/mol. The van der Waals surface area contributed by atoms with Gasteiger partial charge in [-0.3, -0.25) is 0 Å². The summed E-state index contributed by atoms with van der Waals surface area (Å²) < 4.78 is 0. The molecule has 0 aromatic heterocycles. The first-order valence-corrected chi connectivity index (χ1v) is 5.72. The van der Waals surface area contributed by atoms with Crippen LogP contribution in [0.3, 0.4) is 0 Å². The SMILES string of the molecule is CC(CN)NCCC(C)c1ccccc1. The minimum absolute atomic E-state index is 0.424. The van der Waals surface area contributed by atoms with Gasteiger partial charge >= 0.3 is 0 Å². The van der Waals surface area contributed by atoms with Crippen LogP contribution in [0.2, 0.25) is 0 Å². The summed E-state index contributed by atoms with van der Waals surface area (Å²) in [7, 11) is 0. The molecule has 3 N–H and O–H groups in total. The van der Waals surface area contributed by atoms with E-state index in [2.05, 4.69) is 49.5 Å². The van der Waals surface area contributed by atoms with Gasteiger partial charge in [0.25, 0.3) is 0 Å². The largest absolute Gasteiger partial charge is 0.329 e. The minimum Gasteiger partial charge on any atom is -0.329 e. The second kappa shape index (κ2) is 6.59. The molecule has 0 spiro atoms. The van der Waals surface area contributed by atoms with E-state index in [4.69, 9.17) is 5.73 Å². The van der Waals surface area contributed by atoms with E-state index in [1.165, 1.54) is 5.56 Å². The summed E-state index contributed by atoms with van der Waals surface area (Å²) in [5.74, 6) is 0.615. The Morgan fingerprint density at radius 3 is 2.47 bits per heavy atom. The van der Waals surface area contributed by atoms with Crippen molar-refractivity contribution in [2.45, 2.75) is 32.2 Å². The number of nitrogens with one attached hydrogen (secondary N) is 1. The van der Waals surface area contributed by atoms with Crippen LogP contribution in [-0.4, -0.2) is 19.1 Å². The van der Waals surface area contributed by atoms with Crippen molar-refractivity contribution >= 4 is 0 Å². The molecule has 15 heavy (non-hydrogen) atoms. The Bertz CT molecular complexity index is 258. The average molecular weight is 206 g/mol. The summed E-state index contributed by atoms with van der Waals surface area (Å²) in [6.07, 6.45) is 1.16. The lowest BCUT2D eigenvalue weighted by Crippen LogP contribution is -2.34. The van der Waals surface area contributed by atoms with E-state index in [1.54, 1.807) is 0 Å². The topological polar surface area (TPSA) is 38.0 Å². The van der Waals surface area contributed by atoms with E-state index in [0.717, 1.165) is 13.0 Å². The van der Waals surface area contributed by atoms with Gasteiger partial charge < -0.3 is 11.1 Å². The summed E-state index contributed by atoms with van der Waals surface area (Å²) >= 11 is 0. The number of hydrogen-bond donors (Lipinski definition) is 2. The molecular formula is C13H22N2. The molecule has 0 aliphatic heterocycles. The van der Waals surface area contributed by atoms with Gasteiger partial charge in [-0.1, -0.05) is 37.3 Å². The van der Waals surface area contributed by atoms with Crippen LogP contribution in [-0.2, 0) is 0 Å². The van der Waals surface area contributed by atoms with Crippen molar-refractivity contribution < 1.29 is 0 Å². The molecule has 0 bridgehead atoms. The zero-order chi connectivity index (χ0) is 11.1. The van der Waals surface area contributed by atoms with Gasteiger partial charge in [-0.15, -0.1) is 0 Å². The van der Waals surface area contributed by atoms with Gasteiger partial charge in [0.15, 0.2) is 0 Å². The lowest BCUT2D eigenvalue weighted by atomic mass is 9.98. The van der Waals surface area contributed by atoms with Crippen LogP contribution in [0.15, 0.2) is 30.3 Å². The molecule has 0 heterocycles. The summed E-state index contributed by atoms with van der Waals surface area (Å²) in [6.45, 7) is 6.13. The highest BCUT2D eigenvalue weighted by Gasteiger charge is 2.04. The Kier molecular flexibility index (Phi) is 5.37. The third-order valence-electron chi connectivity index (χ3n) is 2.79. The molecule has 0 saturated carbocycles. The summed E-state index contributed by atoms with van der Waals surface area (Å²) in [4.78, 5) is 0. The lowest BCUT2D eigenvalue weighted by Gasteiger charge is -2.15. The molecule has 2 unspecified atom stereocenters. The summed E-state index contributed by atoms with van der Waals surface area (Å²) in [5, 5.41) is 3.41. The van der Waals surface area contributed by atoms with Gasteiger partial charge in [0.05, 0.1) is 0 Å². The highest BCUT2D eigenvalue weighted by atomic mass is 14.9. The first kappa shape index (κ1) is 12.2. The number of rotatable bonds is 6. The molecule has 0 fully saturated rings. The maximum Gasteiger partial charge on any atom is 0.0161 e. The van der Waals surface area contributed by atoms with Crippen molar-refractivity contribution in [3.63, 3.8) is 0 Å². The standard InChI is InChI=1S/C13H22N2/c1-11(8-9-15-12(2)10-14)13-6-4-3-5-7-13/h3-7,11-12,15H,8-10,14H2,1-2H3. The van der Waals surface area contributed by atoms with Gasteiger partial charge in [0.2, 0.25) is 0 Å². The van der Waals surface area contributed by atoms with E-state index in [9.17, 15) is 0 Å². The molecule has 2 nitrogen and oxygen atoms in total. The molecular weight excluding hydrogens is 184 g/mol. The Balaban J connectivity index is 2.28. The monoisotopic (exact) mass is 206 g/mol. The molecule has 1 aromatic rings. The van der Waals surface area contributed by atoms with Crippen molar-refractivity contribution in [2.75, 3.05) is 13.1 Å². The van der Waals surface area contributed by atoms with Crippen molar-refractivity contribution in [2.24, 2.45) is 5.73 Å². The Hall–Kier alpha value is -0.860. The van der Waals surface area contributed by atoms with Crippen LogP contribution in [0.1, 0.15) is 31.7 Å². The van der Waals surface area contributed by atoms with Crippen molar-refractivity contribution in [3.8, 4) is 0 Å². The molecule has 1 aromatic carbocycles.